The Morgan fingerprint density at radius 2 is 1.79 bits per heavy atom. The molecule has 1 aromatic carbocycles. The van der Waals surface area contributed by atoms with E-state index in [1.54, 1.807) is 12.1 Å². The van der Waals surface area contributed by atoms with Crippen LogP contribution in [-0.2, 0) is 0 Å². The molecule has 0 amide bonds. The topological polar surface area (TPSA) is 69.9 Å². The van der Waals surface area contributed by atoms with E-state index in [0.717, 1.165) is 44.8 Å². The van der Waals surface area contributed by atoms with Crippen molar-refractivity contribution in [3.63, 3.8) is 0 Å². The standard InChI is InChI=1S/C13H19N3O3/c17-11-1-6-14-7-9-15(10-8-14)12-2-4-13(5-3-12)16(18)19/h2-5,17H,1,6-11H2. The van der Waals surface area contributed by atoms with E-state index in [9.17, 15) is 10.1 Å². The van der Waals surface area contributed by atoms with Gasteiger partial charge in [-0.2, -0.15) is 0 Å². The molecular formula is C13H19N3O3. The van der Waals surface area contributed by atoms with Crippen molar-refractivity contribution in [3.05, 3.63) is 34.4 Å². The lowest BCUT2D eigenvalue weighted by Gasteiger charge is -2.36. The number of non-ortho nitro benzene ring substituents is 1. The molecule has 0 spiro atoms. The van der Waals surface area contributed by atoms with Crippen LogP contribution in [0.1, 0.15) is 6.42 Å². The van der Waals surface area contributed by atoms with Crippen LogP contribution in [0.15, 0.2) is 24.3 Å². The summed E-state index contributed by atoms with van der Waals surface area (Å²) in [7, 11) is 0. The SMILES string of the molecule is O=[N+]([O-])c1ccc(N2CCN(CCCO)CC2)cc1. The van der Waals surface area contributed by atoms with Gasteiger partial charge in [-0.25, -0.2) is 0 Å². The van der Waals surface area contributed by atoms with Gasteiger partial charge in [0.05, 0.1) is 4.92 Å². The first kappa shape index (κ1) is 13.8. The van der Waals surface area contributed by atoms with E-state index in [1.807, 2.05) is 12.1 Å². The van der Waals surface area contributed by atoms with Crippen molar-refractivity contribution in [3.8, 4) is 0 Å². The maximum absolute atomic E-state index is 10.6. The van der Waals surface area contributed by atoms with E-state index >= 15 is 0 Å². The van der Waals surface area contributed by atoms with E-state index in [-0.39, 0.29) is 17.2 Å². The first-order valence-corrected chi connectivity index (χ1v) is 6.53. The third kappa shape index (κ3) is 3.65. The van der Waals surface area contributed by atoms with Crippen LogP contribution >= 0.6 is 0 Å². The summed E-state index contributed by atoms with van der Waals surface area (Å²) in [6, 6.07) is 6.71. The molecule has 1 saturated heterocycles. The molecule has 1 heterocycles. The van der Waals surface area contributed by atoms with Gasteiger partial charge >= 0.3 is 0 Å². The third-order valence-corrected chi connectivity index (χ3v) is 3.43. The number of nitrogens with zero attached hydrogens (tertiary/aromatic N) is 3. The van der Waals surface area contributed by atoms with Crippen LogP contribution in [0.2, 0.25) is 0 Å². The molecule has 6 heteroatoms. The lowest BCUT2D eigenvalue weighted by Crippen LogP contribution is -2.46. The Labute approximate surface area is 112 Å². The van der Waals surface area contributed by atoms with E-state index in [4.69, 9.17) is 5.11 Å². The second-order valence-electron chi connectivity index (χ2n) is 4.68. The number of benzene rings is 1. The fraction of sp³-hybridized carbons (Fsp3) is 0.538. The molecule has 0 aromatic heterocycles. The molecule has 2 rings (SSSR count). The van der Waals surface area contributed by atoms with Crippen molar-refractivity contribution < 1.29 is 10.0 Å². The van der Waals surface area contributed by atoms with E-state index in [1.165, 1.54) is 0 Å². The fourth-order valence-corrected chi connectivity index (χ4v) is 2.31. The number of aliphatic hydroxyl groups excluding tert-OH is 1. The summed E-state index contributed by atoms with van der Waals surface area (Å²) in [6.45, 7) is 4.95. The van der Waals surface area contributed by atoms with Crippen molar-refractivity contribution in [1.82, 2.24) is 4.90 Å². The predicted octanol–water partition coefficient (Wildman–Crippen LogP) is 1.10. The zero-order chi connectivity index (χ0) is 13.7. The summed E-state index contributed by atoms with van der Waals surface area (Å²) in [5.41, 5.74) is 1.16. The number of anilines is 1. The Balaban J connectivity index is 1.88. The predicted molar refractivity (Wildman–Crippen MR) is 73.5 cm³/mol. The van der Waals surface area contributed by atoms with Gasteiger partial charge in [-0.15, -0.1) is 0 Å². The lowest BCUT2D eigenvalue weighted by atomic mass is 10.2. The summed E-state index contributed by atoms with van der Waals surface area (Å²) in [4.78, 5) is 14.8. The van der Waals surface area contributed by atoms with Gasteiger partial charge in [-0.1, -0.05) is 0 Å². The van der Waals surface area contributed by atoms with Gasteiger partial charge in [-0.05, 0) is 18.6 Å². The molecule has 0 bridgehead atoms. The van der Waals surface area contributed by atoms with Gasteiger partial charge in [0.15, 0.2) is 0 Å². The first-order chi connectivity index (χ1) is 9.20. The maximum Gasteiger partial charge on any atom is 0.269 e. The van der Waals surface area contributed by atoms with Crippen LogP contribution in [0.5, 0.6) is 0 Å². The number of nitro benzene ring substituents is 1. The van der Waals surface area contributed by atoms with Crippen LogP contribution in [0.4, 0.5) is 11.4 Å². The van der Waals surface area contributed by atoms with Crippen LogP contribution in [0.3, 0.4) is 0 Å². The molecule has 0 radical (unpaired) electrons. The van der Waals surface area contributed by atoms with Gasteiger partial charge in [0.25, 0.3) is 5.69 Å². The van der Waals surface area contributed by atoms with Crippen molar-refractivity contribution in [1.29, 1.82) is 0 Å². The highest BCUT2D eigenvalue weighted by atomic mass is 16.6. The van der Waals surface area contributed by atoms with Crippen molar-refractivity contribution in [2.24, 2.45) is 0 Å². The number of hydrogen-bond donors (Lipinski definition) is 1. The summed E-state index contributed by atoms with van der Waals surface area (Å²) >= 11 is 0. The number of rotatable bonds is 5. The van der Waals surface area contributed by atoms with E-state index in [2.05, 4.69) is 9.80 Å². The lowest BCUT2D eigenvalue weighted by molar-refractivity contribution is -0.384. The quantitative estimate of drug-likeness (QED) is 0.637. The minimum Gasteiger partial charge on any atom is -0.396 e. The molecule has 6 nitrogen and oxygen atoms in total. The maximum atomic E-state index is 10.6. The first-order valence-electron chi connectivity index (χ1n) is 6.53. The Kier molecular flexibility index (Phi) is 4.70. The van der Waals surface area contributed by atoms with Crippen LogP contribution in [0, 0.1) is 10.1 Å². The molecule has 0 atom stereocenters. The Morgan fingerprint density at radius 1 is 1.16 bits per heavy atom. The number of nitro groups is 1. The summed E-state index contributed by atoms with van der Waals surface area (Å²) in [5, 5.41) is 19.4. The molecule has 0 saturated carbocycles. The van der Waals surface area contributed by atoms with Gasteiger partial charge in [-0.3, -0.25) is 15.0 Å². The minimum absolute atomic E-state index is 0.130. The summed E-state index contributed by atoms with van der Waals surface area (Å²) < 4.78 is 0. The second-order valence-corrected chi connectivity index (χ2v) is 4.68. The zero-order valence-electron chi connectivity index (χ0n) is 10.9. The zero-order valence-corrected chi connectivity index (χ0v) is 10.9. The summed E-state index contributed by atoms with van der Waals surface area (Å²) in [6.07, 6.45) is 0.817. The molecule has 0 aliphatic carbocycles. The summed E-state index contributed by atoms with van der Waals surface area (Å²) in [5.74, 6) is 0. The Morgan fingerprint density at radius 3 is 2.32 bits per heavy atom. The number of hydrogen-bond acceptors (Lipinski definition) is 5. The van der Waals surface area contributed by atoms with Gasteiger partial charge in [0, 0.05) is 57.2 Å². The molecule has 1 aliphatic heterocycles. The molecule has 1 fully saturated rings. The normalized spacial score (nSPS) is 16.6. The smallest absolute Gasteiger partial charge is 0.269 e. The number of aliphatic hydroxyl groups is 1. The molecule has 19 heavy (non-hydrogen) atoms. The van der Waals surface area contributed by atoms with Gasteiger partial charge in [0.2, 0.25) is 0 Å². The van der Waals surface area contributed by atoms with Crippen LogP contribution in [0.25, 0.3) is 0 Å². The second kappa shape index (κ2) is 6.49. The van der Waals surface area contributed by atoms with Crippen LogP contribution in [-0.4, -0.2) is 54.3 Å². The molecule has 0 unspecified atom stereocenters. The van der Waals surface area contributed by atoms with E-state index in [0.29, 0.717) is 0 Å². The van der Waals surface area contributed by atoms with Crippen molar-refractivity contribution in [2.75, 3.05) is 44.2 Å². The molecule has 1 aliphatic rings. The van der Waals surface area contributed by atoms with Crippen molar-refractivity contribution in [2.45, 2.75) is 6.42 Å². The Hall–Kier alpha value is -1.66. The molecule has 1 N–H and O–H groups in total. The minimum atomic E-state index is -0.378. The highest BCUT2D eigenvalue weighted by Gasteiger charge is 2.17. The highest BCUT2D eigenvalue weighted by Crippen LogP contribution is 2.20. The average Bonchev–Trinajstić information content (AvgIpc) is 2.46. The van der Waals surface area contributed by atoms with Crippen LogP contribution < -0.4 is 4.90 Å². The fourth-order valence-electron chi connectivity index (χ4n) is 2.31. The molecule has 1 aromatic rings. The molecule has 104 valence electrons. The largest absolute Gasteiger partial charge is 0.396 e. The monoisotopic (exact) mass is 265 g/mol. The van der Waals surface area contributed by atoms with Crippen molar-refractivity contribution >= 4 is 11.4 Å². The van der Waals surface area contributed by atoms with Gasteiger partial charge < -0.3 is 10.0 Å². The third-order valence-electron chi connectivity index (χ3n) is 3.43. The highest BCUT2D eigenvalue weighted by molar-refractivity contribution is 5.51. The van der Waals surface area contributed by atoms with Gasteiger partial charge in [0.1, 0.15) is 0 Å². The Bertz CT molecular complexity index is 414. The molecular weight excluding hydrogens is 246 g/mol. The average molecular weight is 265 g/mol. The number of piperazine rings is 1. The van der Waals surface area contributed by atoms with E-state index < -0.39 is 0 Å².